The van der Waals surface area contributed by atoms with Crippen molar-refractivity contribution in [2.45, 2.75) is 10.6 Å². The molecule has 17 heavy (non-hydrogen) atoms. The van der Waals surface area contributed by atoms with Gasteiger partial charge in [-0.05, 0) is 18.2 Å². The van der Waals surface area contributed by atoms with Crippen LogP contribution in [0.25, 0.3) is 0 Å². The molecule has 0 atom stereocenters. The van der Waals surface area contributed by atoms with E-state index in [1.54, 1.807) is 12.3 Å². The van der Waals surface area contributed by atoms with Crippen molar-refractivity contribution in [2.75, 3.05) is 5.73 Å². The Kier molecular flexibility index (Phi) is 3.81. The number of rotatable bonds is 3. The summed E-state index contributed by atoms with van der Waals surface area (Å²) in [6.45, 7) is 0. The minimum Gasteiger partial charge on any atom is -0.398 e. The molecule has 0 aliphatic heterocycles. The highest BCUT2D eigenvalue weighted by Gasteiger charge is 2.03. The van der Waals surface area contributed by atoms with Crippen molar-refractivity contribution in [3.63, 3.8) is 0 Å². The van der Waals surface area contributed by atoms with Crippen molar-refractivity contribution in [3.05, 3.63) is 47.3 Å². The third kappa shape index (κ3) is 3.31. The van der Waals surface area contributed by atoms with E-state index < -0.39 is 0 Å². The molecule has 0 aliphatic rings. The average molecular weight is 270 g/mol. The Bertz CT molecular complexity index is 519. The first kappa shape index (κ1) is 12.1. The average Bonchev–Trinajstić information content (AvgIpc) is 2.32. The maximum Gasteiger partial charge on any atom is 0.147 e. The Labute approximate surface area is 107 Å². The van der Waals surface area contributed by atoms with E-state index in [2.05, 4.69) is 9.97 Å². The summed E-state index contributed by atoms with van der Waals surface area (Å²) in [7, 11) is 0. The summed E-state index contributed by atoms with van der Waals surface area (Å²) in [5.74, 6) is 0.265. The molecule has 6 heteroatoms. The van der Waals surface area contributed by atoms with Gasteiger partial charge in [0.05, 0.1) is 18.1 Å². The summed E-state index contributed by atoms with van der Waals surface area (Å²) in [5, 5.41) is 0.351. The van der Waals surface area contributed by atoms with Crippen LogP contribution < -0.4 is 5.73 Å². The Hall–Kier alpha value is -1.33. The number of anilines is 1. The Morgan fingerprint density at radius 1 is 1.29 bits per heavy atom. The van der Waals surface area contributed by atoms with Crippen LogP contribution in [0, 0.1) is 5.82 Å². The van der Waals surface area contributed by atoms with Crippen molar-refractivity contribution in [3.8, 4) is 0 Å². The highest BCUT2D eigenvalue weighted by molar-refractivity contribution is 7.98. The van der Waals surface area contributed by atoms with Crippen LogP contribution in [0.15, 0.2) is 35.5 Å². The molecule has 2 aromatic rings. The van der Waals surface area contributed by atoms with Crippen LogP contribution in [0.4, 0.5) is 10.1 Å². The van der Waals surface area contributed by atoms with E-state index in [0.29, 0.717) is 21.5 Å². The molecule has 2 rings (SSSR count). The number of halogens is 2. The summed E-state index contributed by atoms with van der Waals surface area (Å²) >= 11 is 7.03. The molecule has 0 saturated heterocycles. The fraction of sp³-hybridized carbons (Fsp3) is 0.0909. The van der Waals surface area contributed by atoms with Gasteiger partial charge in [0.15, 0.2) is 0 Å². The summed E-state index contributed by atoms with van der Waals surface area (Å²) in [6, 6.07) is 4.29. The van der Waals surface area contributed by atoms with Crippen LogP contribution in [-0.2, 0) is 5.75 Å². The number of thioether (sulfide) groups is 1. The van der Waals surface area contributed by atoms with E-state index in [1.807, 2.05) is 0 Å². The molecule has 1 heterocycles. The number of benzene rings is 1. The zero-order valence-corrected chi connectivity index (χ0v) is 10.3. The highest BCUT2D eigenvalue weighted by Crippen LogP contribution is 2.28. The van der Waals surface area contributed by atoms with E-state index >= 15 is 0 Å². The number of hydrogen-bond acceptors (Lipinski definition) is 4. The fourth-order valence-corrected chi connectivity index (χ4v) is 2.18. The zero-order chi connectivity index (χ0) is 12.3. The van der Waals surface area contributed by atoms with E-state index in [9.17, 15) is 4.39 Å². The van der Waals surface area contributed by atoms with Crippen LogP contribution in [0.5, 0.6) is 0 Å². The summed E-state index contributed by atoms with van der Waals surface area (Å²) < 4.78 is 13.0. The van der Waals surface area contributed by atoms with Gasteiger partial charge >= 0.3 is 0 Å². The van der Waals surface area contributed by atoms with Crippen LogP contribution in [0.1, 0.15) is 5.69 Å². The number of nitrogen functional groups attached to an aromatic ring is 1. The van der Waals surface area contributed by atoms with Crippen molar-refractivity contribution in [1.29, 1.82) is 0 Å². The second-order valence-corrected chi connectivity index (χ2v) is 4.71. The summed E-state index contributed by atoms with van der Waals surface area (Å²) in [5.41, 5.74) is 7.05. The molecular formula is C11H9ClFN3S. The molecule has 0 bridgehead atoms. The van der Waals surface area contributed by atoms with Crippen molar-refractivity contribution >= 4 is 29.1 Å². The molecule has 1 aromatic carbocycles. The lowest BCUT2D eigenvalue weighted by atomic mass is 10.3. The minimum absolute atomic E-state index is 0.302. The number of nitrogens with two attached hydrogens (primary N) is 1. The normalized spacial score (nSPS) is 10.5. The van der Waals surface area contributed by atoms with Gasteiger partial charge in [0, 0.05) is 16.3 Å². The van der Waals surface area contributed by atoms with E-state index in [-0.39, 0.29) is 5.82 Å². The quantitative estimate of drug-likeness (QED) is 0.687. The van der Waals surface area contributed by atoms with E-state index in [0.717, 1.165) is 5.69 Å². The maximum atomic E-state index is 13.0. The Morgan fingerprint density at radius 3 is 2.82 bits per heavy atom. The van der Waals surface area contributed by atoms with Gasteiger partial charge < -0.3 is 5.73 Å². The third-order valence-electron chi connectivity index (χ3n) is 2.02. The van der Waals surface area contributed by atoms with Crippen molar-refractivity contribution in [2.24, 2.45) is 0 Å². The molecule has 88 valence electrons. The van der Waals surface area contributed by atoms with Crippen LogP contribution in [-0.4, -0.2) is 9.97 Å². The molecule has 3 nitrogen and oxygen atoms in total. The molecule has 1 aromatic heterocycles. The molecule has 0 aliphatic carbocycles. The van der Waals surface area contributed by atoms with Gasteiger partial charge in [-0.25, -0.2) is 9.37 Å². The molecule has 0 amide bonds. The molecule has 0 unspecified atom stereocenters. The second kappa shape index (κ2) is 5.33. The van der Waals surface area contributed by atoms with Gasteiger partial charge in [-0.3, -0.25) is 4.98 Å². The van der Waals surface area contributed by atoms with Gasteiger partial charge in [-0.2, -0.15) is 0 Å². The first-order valence-corrected chi connectivity index (χ1v) is 6.16. The monoisotopic (exact) mass is 269 g/mol. The predicted molar refractivity (Wildman–Crippen MR) is 67.4 cm³/mol. The minimum atomic E-state index is -0.302. The number of hydrogen-bond donors (Lipinski definition) is 1. The molecular weight excluding hydrogens is 261 g/mol. The first-order valence-electron chi connectivity index (χ1n) is 4.79. The zero-order valence-electron chi connectivity index (χ0n) is 8.73. The smallest absolute Gasteiger partial charge is 0.147 e. The van der Waals surface area contributed by atoms with Crippen LogP contribution in [0.3, 0.4) is 0 Å². The van der Waals surface area contributed by atoms with Crippen molar-refractivity contribution in [1.82, 2.24) is 9.97 Å². The maximum absolute atomic E-state index is 13.0. The molecule has 2 N–H and O–H groups in total. The number of nitrogens with zero attached hydrogens (tertiary/aromatic N) is 2. The molecule has 0 spiro atoms. The topological polar surface area (TPSA) is 51.8 Å². The van der Waals surface area contributed by atoms with Crippen LogP contribution >= 0.6 is 23.4 Å². The van der Waals surface area contributed by atoms with Gasteiger partial charge in [0.1, 0.15) is 11.0 Å². The predicted octanol–water partition coefficient (Wildman–Crippen LogP) is 3.14. The summed E-state index contributed by atoms with van der Waals surface area (Å²) in [6.07, 6.45) is 3.07. The molecule has 0 saturated carbocycles. The Morgan fingerprint density at radius 2 is 2.12 bits per heavy atom. The van der Waals surface area contributed by atoms with Crippen LogP contribution in [0.2, 0.25) is 5.15 Å². The largest absolute Gasteiger partial charge is 0.398 e. The third-order valence-corrected chi connectivity index (χ3v) is 3.32. The lowest BCUT2D eigenvalue weighted by molar-refractivity contribution is 0.624. The van der Waals surface area contributed by atoms with E-state index in [1.165, 1.54) is 30.1 Å². The second-order valence-electron chi connectivity index (χ2n) is 3.30. The molecule has 0 radical (unpaired) electrons. The number of aromatic nitrogens is 2. The van der Waals surface area contributed by atoms with Gasteiger partial charge in [-0.1, -0.05) is 11.6 Å². The van der Waals surface area contributed by atoms with E-state index in [4.69, 9.17) is 17.3 Å². The van der Waals surface area contributed by atoms with Gasteiger partial charge in [-0.15, -0.1) is 11.8 Å². The highest BCUT2D eigenvalue weighted by atomic mass is 35.5. The standard InChI is InChI=1S/C11H9ClFN3S/c12-11-5-15-8(4-16-11)6-17-10-3-7(13)1-2-9(10)14/h1-5H,6,14H2. The molecule has 0 fully saturated rings. The van der Waals surface area contributed by atoms with Gasteiger partial charge in [0.25, 0.3) is 0 Å². The van der Waals surface area contributed by atoms with Crippen molar-refractivity contribution < 1.29 is 4.39 Å². The summed E-state index contributed by atoms with van der Waals surface area (Å²) in [4.78, 5) is 8.71. The lowest BCUT2D eigenvalue weighted by Crippen LogP contribution is -1.92. The lowest BCUT2D eigenvalue weighted by Gasteiger charge is -2.04. The Balaban J connectivity index is 2.07. The SMILES string of the molecule is Nc1ccc(F)cc1SCc1cnc(Cl)cn1. The fourth-order valence-electron chi connectivity index (χ4n) is 1.20. The first-order chi connectivity index (χ1) is 8.15. The van der Waals surface area contributed by atoms with Gasteiger partial charge in [0.2, 0.25) is 0 Å².